The number of hydrogen-bond donors (Lipinski definition) is 1. The fourth-order valence-electron chi connectivity index (χ4n) is 2.07. The number of pyridine rings is 1. The normalized spacial score (nSPS) is 10.9. The van der Waals surface area contributed by atoms with Crippen LogP contribution in [0.15, 0.2) is 58.3 Å². The highest BCUT2D eigenvalue weighted by atomic mass is 35.5. The number of halogens is 1. The molecule has 0 atom stereocenters. The minimum absolute atomic E-state index is 0.740. The predicted molar refractivity (Wildman–Crippen MR) is 86.5 cm³/mol. The minimum Gasteiger partial charge on any atom is -0.399 e. The third kappa shape index (κ3) is 2.60. The van der Waals surface area contributed by atoms with Crippen LogP contribution >= 0.6 is 23.4 Å². The lowest BCUT2D eigenvalue weighted by atomic mass is 10.2. The lowest BCUT2D eigenvalue weighted by Crippen LogP contribution is -1.90. The summed E-state index contributed by atoms with van der Waals surface area (Å²) < 4.78 is 0. The second kappa shape index (κ2) is 5.35. The van der Waals surface area contributed by atoms with E-state index in [0.29, 0.717) is 0 Å². The molecule has 4 heteroatoms. The SMILES string of the molecule is Cc1cc(Sc2ccccc2Cl)c2cc(N)ccc2n1. The van der Waals surface area contributed by atoms with Crippen molar-refractivity contribution in [1.82, 2.24) is 4.98 Å². The number of nitrogen functional groups attached to an aromatic ring is 1. The van der Waals surface area contributed by atoms with Gasteiger partial charge in [0.25, 0.3) is 0 Å². The number of nitrogens with two attached hydrogens (primary N) is 1. The summed E-state index contributed by atoms with van der Waals surface area (Å²) in [4.78, 5) is 6.69. The largest absolute Gasteiger partial charge is 0.399 e. The van der Waals surface area contributed by atoms with Crippen molar-refractivity contribution in [3.8, 4) is 0 Å². The molecule has 0 amide bonds. The molecule has 0 unspecified atom stereocenters. The van der Waals surface area contributed by atoms with Gasteiger partial charge in [0.2, 0.25) is 0 Å². The van der Waals surface area contributed by atoms with E-state index in [0.717, 1.165) is 37.1 Å². The maximum absolute atomic E-state index is 6.24. The number of aromatic nitrogens is 1. The van der Waals surface area contributed by atoms with Gasteiger partial charge in [-0.1, -0.05) is 35.5 Å². The summed E-state index contributed by atoms with van der Waals surface area (Å²) in [7, 11) is 0. The number of nitrogens with zero attached hydrogens (tertiary/aromatic N) is 1. The summed E-state index contributed by atoms with van der Waals surface area (Å²) >= 11 is 7.87. The first-order valence-electron chi connectivity index (χ1n) is 6.23. The maximum atomic E-state index is 6.24. The van der Waals surface area contributed by atoms with Crippen LogP contribution in [0.3, 0.4) is 0 Å². The molecule has 3 aromatic rings. The molecule has 1 heterocycles. The summed E-state index contributed by atoms with van der Waals surface area (Å²) in [5.74, 6) is 0. The standard InChI is InChI=1S/C16H13ClN2S/c1-10-8-16(20-15-5-3-2-4-13(15)17)12-9-11(18)6-7-14(12)19-10/h2-9H,18H2,1H3. The summed E-state index contributed by atoms with van der Waals surface area (Å²) in [6, 6.07) is 15.7. The van der Waals surface area contributed by atoms with Crippen molar-refractivity contribution < 1.29 is 0 Å². The summed E-state index contributed by atoms with van der Waals surface area (Å²) in [6.07, 6.45) is 0. The van der Waals surface area contributed by atoms with Crippen LogP contribution in [0.25, 0.3) is 10.9 Å². The van der Waals surface area contributed by atoms with Crippen molar-refractivity contribution in [3.63, 3.8) is 0 Å². The van der Waals surface area contributed by atoms with Crippen molar-refractivity contribution in [3.05, 3.63) is 59.2 Å². The van der Waals surface area contributed by atoms with Gasteiger partial charge in [-0.05, 0) is 43.3 Å². The molecular formula is C16H13ClN2S. The van der Waals surface area contributed by atoms with Gasteiger partial charge in [-0.25, -0.2) is 0 Å². The Morgan fingerprint density at radius 3 is 2.65 bits per heavy atom. The van der Waals surface area contributed by atoms with Crippen LogP contribution in [-0.4, -0.2) is 4.98 Å². The molecule has 2 nitrogen and oxygen atoms in total. The van der Waals surface area contributed by atoms with Gasteiger partial charge in [-0.3, -0.25) is 4.98 Å². The van der Waals surface area contributed by atoms with Crippen LogP contribution in [0.4, 0.5) is 5.69 Å². The maximum Gasteiger partial charge on any atom is 0.0718 e. The second-order valence-electron chi connectivity index (χ2n) is 4.57. The molecular weight excluding hydrogens is 288 g/mol. The summed E-state index contributed by atoms with van der Waals surface area (Å²) in [5, 5.41) is 1.81. The first kappa shape index (κ1) is 13.3. The Kier molecular flexibility index (Phi) is 3.55. The lowest BCUT2D eigenvalue weighted by Gasteiger charge is -2.09. The molecule has 0 fully saturated rings. The number of hydrogen-bond acceptors (Lipinski definition) is 3. The first-order valence-corrected chi connectivity index (χ1v) is 7.42. The number of aryl methyl sites for hydroxylation is 1. The molecule has 0 saturated heterocycles. The zero-order chi connectivity index (χ0) is 14.1. The molecule has 0 radical (unpaired) electrons. The van der Waals surface area contributed by atoms with Gasteiger partial charge >= 0.3 is 0 Å². The Labute approximate surface area is 127 Å². The molecule has 0 aliphatic rings. The molecule has 20 heavy (non-hydrogen) atoms. The first-order chi connectivity index (χ1) is 9.63. The molecule has 100 valence electrons. The molecule has 2 aromatic carbocycles. The van der Waals surface area contributed by atoms with Crippen molar-refractivity contribution in [1.29, 1.82) is 0 Å². The summed E-state index contributed by atoms with van der Waals surface area (Å²) in [6.45, 7) is 1.99. The van der Waals surface area contributed by atoms with Crippen LogP contribution in [0.5, 0.6) is 0 Å². The van der Waals surface area contributed by atoms with Crippen LogP contribution in [0.2, 0.25) is 5.02 Å². The van der Waals surface area contributed by atoms with E-state index in [4.69, 9.17) is 17.3 Å². The zero-order valence-electron chi connectivity index (χ0n) is 10.9. The Hall–Kier alpha value is -1.71. The van der Waals surface area contributed by atoms with E-state index >= 15 is 0 Å². The second-order valence-corrected chi connectivity index (χ2v) is 6.06. The third-order valence-electron chi connectivity index (χ3n) is 2.98. The van der Waals surface area contributed by atoms with Crippen molar-refractivity contribution in [2.75, 3.05) is 5.73 Å². The molecule has 2 N–H and O–H groups in total. The Morgan fingerprint density at radius 2 is 1.85 bits per heavy atom. The quantitative estimate of drug-likeness (QED) is 0.682. The Morgan fingerprint density at radius 1 is 1.05 bits per heavy atom. The predicted octanol–water partition coefficient (Wildman–Crippen LogP) is 4.93. The molecule has 0 aliphatic heterocycles. The summed E-state index contributed by atoms with van der Waals surface area (Å²) in [5.41, 5.74) is 8.57. The average Bonchev–Trinajstić information content (AvgIpc) is 2.42. The third-order valence-corrected chi connectivity index (χ3v) is 4.55. The zero-order valence-corrected chi connectivity index (χ0v) is 12.5. The van der Waals surface area contributed by atoms with Gasteiger partial charge in [-0.2, -0.15) is 0 Å². The number of anilines is 1. The van der Waals surface area contributed by atoms with Gasteiger partial charge in [0, 0.05) is 26.6 Å². The van der Waals surface area contributed by atoms with Gasteiger partial charge in [0.15, 0.2) is 0 Å². The van der Waals surface area contributed by atoms with E-state index in [1.54, 1.807) is 11.8 Å². The highest BCUT2D eigenvalue weighted by molar-refractivity contribution is 7.99. The van der Waals surface area contributed by atoms with Gasteiger partial charge in [0.1, 0.15) is 0 Å². The average molecular weight is 301 g/mol. The van der Waals surface area contributed by atoms with E-state index in [-0.39, 0.29) is 0 Å². The van der Waals surface area contributed by atoms with Crippen LogP contribution in [0, 0.1) is 6.92 Å². The van der Waals surface area contributed by atoms with Crippen LogP contribution in [0.1, 0.15) is 5.69 Å². The highest BCUT2D eigenvalue weighted by Crippen LogP contribution is 2.37. The lowest BCUT2D eigenvalue weighted by molar-refractivity contribution is 1.22. The monoisotopic (exact) mass is 300 g/mol. The van der Waals surface area contributed by atoms with Crippen molar-refractivity contribution in [2.24, 2.45) is 0 Å². The topological polar surface area (TPSA) is 38.9 Å². The molecule has 0 bridgehead atoms. The molecule has 1 aromatic heterocycles. The minimum atomic E-state index is 0.740. The molecule has 0 spiro atoms. The van der Waals surface area contributed by atoms with E-state index in [1.807, 2.05) is 49.4 Å². The van der Waals surface area contributed by atoms with E-state index < -0.39 is 0 Å². The highest BCUT2D eigenvalue weighted by Gasteiger charge is 2.08. The fourth-order valence-corrected chi connectivity index (χ4v) is 3.37. The Bertz CT molecular complexity index is 787. The van der Waals surface area contributed by atoms with E-state index in [2.05, 4.69) is 11.1 Å². The van der Waals surface area contributed by atoms with Crippen LogP contribution < -0.4 is 5.73 Å². The van der Waals surface area contributed by atoms with Gasteiger partial charge in [-0.15, -0.1) is 0 Å². The smallest absolute Gasteiger partial charge is 0.0718 e. The Balaban J connectivity index is 2.15. The van der Waals surface area contributed by atoms with Gasteiger partial charge in [0.05, 0.1) is 10.5 Å². The number of rotatable bonds is 2. The van der Waals surface area contributed by atoms with E-state index in [1.165, 1.54) is 0 Å². The van der Waals surface area contributed by atoms with Crippen LogP contribution in [-0.2, 0) is 0 Å². The number of fused-ring (bicyclic) bond motifs is 1. The van der Waals surface area contributed by atoms with Crippen molar-refractivity contribution in [2.45, 2.75) is 16.7 Å². The molecule has 0 aliphatic carbocycles. The number of benzene rings is 2. The molecule has 3 rings (SSSR count). The van der Waals surface area contributed by atoms with Gasteiger partial charge < -0.3 is 5.73 Å². The van der Waals surface area contributed by atoms with E-state index in [9.17, 15) is 0 Å². The fraction of sp³-hybridized carbons (Fsp3) is 0.0625. The van der Waals surface area contributed by atoms with Crippen molar-refractivity contribution >= 4 is 40.0 Å². The molecule has 0 saturated carbocycles.